The van der Waals surface area contributed by atoms with Crippen LogP contribution in [-0.2, 0) is 6.18 Å². The number of nitrogens with one attached hydrogen (secondary N) is 2. The summed E-state index contributed by atoms with van der Waals surface area (Å²) in [5, 5.41) is 11.0. The lowest BCUT2D eigenvalue weighted by Gasteiger charge is -2.27. The van der Waals surface area contributed by atoms with Crippen molar-refractivity contribution in [1.29, 1.82) is 0 Å². The lowest BCUT2D eigenvalue weighted by molar-refractivity contribution is -0.141. The summed E-state index contributed by atoms with van der Waals surface area (Å²) in [6.07, 6.45) is -3.47. The molecule has 0 radical (unpaired) electrons. The number of hydrogen-bond donors (Lipinski definition) is 2. The molecule has 0 saturated carbocycles. The van der Waals surface area contributed by atoms with E-state index in [1.807, 2.05) is 19.1 Å². The van der Waals surface area contributed by atoms with E-state index in [4.69, 9.17) is 0 Å². The molecule has 1 aliphatic heterocycles. The van der Waals surface area contributed by atoms with Gasteiger partial charge in [-0.1, -0.05) is 12.1 Å². The second kappa shape index (κ2) is 6.45. The third-order valence-corrected chi connectivity index (χ3v) is 5.14. The van der Waals surface area contributed by atoms with Crippen LogP contribution in [0.15, 0.2) is 54.7 Å². The zero-order chi connectivity index (χ0) is 21.0. The van der Waals surface area contributed by atoms with Crippen LogP contribution in [0.5, 0.6) is 0 Å². The number of anilines is 3. The van der Waals surface area contributed by atoms with Gasteiger partial charge in [0.25, 0.3) is 0 Å². The molecule has 1 atom stereocenters. The van der Waals surface area contributed by atoms with Crippen LogP contribution in [0, 0.1) is 12.7 Å². The van der Waals surface area contributed by atoms with Crippen LogP contribution in [-0.4, -0.2) is 15.2 Å². The Kier molecular flexibility index (Phi) is 3.96. The van der Waals surface area contributed by atoms with Gasteiger partial charge >= 0.3 is 6.18 Å². The fraction of sp³-hybridized carbons (Fsp3) is 0.143. The molecule has 152 valence electrons. The van der Waals surface area contributed by atoms with Crippen molar-refractivity contribution in [2.75, 3.05) is 10.2 Å². The van der Waals surface area contributed by atoms with Crippen LogP contribution >= 0.6 is 0 Å². The molecule has 3 heterocycles. The van der Waals surface area contributed by atoms with Crippen molar-refractivity contribution in [3.8, 4) is 0 Å². The number of hydrogen-bond acceptors (Lipinski definition) is 4. The SMILES string of the molecule is Cc1cc(N2c3nc(C(F)(F)F)ccc3NC2c2ccc(F)cc2)cc2cn[nH]c12. The summed E-state index contributed by atoms with van der Waals surface area (Å²) in [4.78, 5) is 5.61. The Balaban J connectivity index is 1.71. The van der Waals surface area contributed by atoms with Crippen molar-refractivity contribution in [2.24, 2.45) is 0 Å². The molecule has 0 spiro atoms. The first-order chi connectivity index (χ1) is 14.3. The van der Waals surface area contributed by atoms with Gasteiger partial charge in [-0.15, -0.1) is 0 Å². The minimum absolute atomic E-state index is 0.154. The molecule has 0 aliphatic carbocycles. The number of benzene rings is 2. The molecule has 0 amide bonds. The van der Waals surface area contributed by atoms with Gasteiger partial charge in [-0.25, -0.2) is 9.37 Å². The quantitative estimate of drug-likeness (QED) is 0.415. The Morgan fingerprint density at radius 3 is 2.53 bits per heavy atom. The number of aromatic amines is 1. The number of fused-ring (bicyclic) bond motifs is 2. The lowest BCUT2D eigenvalue weighted by Crippen LogP contribution is -2.24. The van der Waals surface area contributed by atoms with Crippen LogP contribution in [0.25, 0.3) is 10.9 Å². The first-order valence-electron chi connectivity index (χ1n) is 9.14. The van der Waals surface area contributed by atoms with Gasteiger partial charge in [-0.05, 0) is 54.4 Å². The van der Waals surface area contributed by atoms with E-state index in [1.54, 1.807) is 23.2 Å². The predicted molar refractivity (Wildman–Crippen MR) is 105 cm³/mol. The predicted octanol–water partition coefficient (Wildman–Crippen LogP) is 5.69. The van der Waals surface area contributed by atoms with E-state index < -0.39 is 23.9 Å². The number of aryl methyl sites for hydroxylation is 1. The van der Waals surface area contributed by atoms with Crippen molar-refractivity contribution >= 4 is 28.1 Å². The maximum Gasteiger partial charge on any atom is 0.433 e. The normalized spacial score (nSPS) is 16.0. The van der Waals surface area contributed by atoms with Crippen molar-refractivity contribution in [2.45, 2.75) is 19.3 Å². The summed E-state index contributed by atoms with van der Waals surface area (Å²) in [5.74, 6) is -0.240. The van der Waals surface area contributed by atoms with E-state index in [2.05, 4.69) is 20.5 Å². The Labute approximate surface area is 168 Å². The molecule has 5 nitrogen and oxygen atoms in total. The lowest BCUT2D eigenvalue weighted by atomic mass is 10.1. The van der Waals surface area contributed by atoms with Crippen LogP contribution in [0.3, 0.4) is 0 Å². The number of nitrogens with zero attached hydrogens (tertiary/aromatic N) is 3. The van der Waals surface area contributed by atoms with Crippen LogP contribution in [0.1, 0.15) is 23.0 Å². The Hall–Kier alpha value is -3.62. The van der Waals surface area contributed by atoms with Crippen molar-refractivity contribution in [1.82, 2.24) is 15.2 Å². The molecule has 0 saturated heterocycles. The molecule has 4 aromatic rings. The second-order valence-corrected chi connectivity index (χ2v) is 7.13. The van der Waals surface area contributed by atoms with E-state index in [9.17, 15) is 17.6 Å². The maximum atomic E-state index is 13.5. The smallest absolute Gasteiger partial charge is 0.358 e. The largest absolute Gasteiger partial charge is 0.433 e. The van der Waals surface area contributed by atoms with Gasteiger partial charge in [0, 0.05) is 11.1 Å². The Morgan fingerprint density at radius 2 is 1.80 bits per heavy atom. The number of H-pyrrole nitrogens is 1. The molecular weight excluding hydrogens is 398 g/mol. The van der Waals surface area contributed by atoms with Gasteiger partial charge in [0.1, 0.15) is 17.7 Å². The third-order valence-electron chi connectivity index (χ3n) is 5.14. The molecule has 30 heavy (non-hydrogen) atoms. The minimum atomic E-state index is -4.57. The highest BCUT2D eigenvalue weighted by molar-refractivity contribution is 5.89. The number of aromatic nitrogens is 3. The van der Waals surface area contributed by atoms with Crippen LogP contribution < -0.4 is 10.2 Å². The van der Waals surface area contributed by atoms with Gasteiger partial charge in [0.05, 0.1) is 17.4 Å². The van der Waals surface area contributed by atoms with Crippen molar-refractivity contribution < 1.29 is 17.6 Å². The summed E-state index contributed by atoms with van der Waals surface area (Å²) >= 11 is 0. The standard InChI is InChI=1S/C21H15F4N5/c1-11-8-15(9-13-10-26-29-18(11)13)30-19(12-2-4-14(22)5-3-12)27-16-6-7-17(21(23,24)25)28-20(16)30/h2-10,19,27H,1H3,(H,26,29). The molecule has 2 N–H and O–H groups in total. The van der Waals surface area contributed by atoms with Gasteiger partial charge in [0.2, 0.25) is 0 Å². The highest BCUT2D eigenvalue weighted by atomic mass is 19.4. The molecule has 2 aromatic heterocycles. The average Bonchev–Trinajstić information content (AvgIpc) is 3.31. The number of alkyl halides is 3. The van der Waals surface area contributed by atoms with E-state index in [-0.39, 0.29) is 5.82 Å². The summed E-state index contributed by atoms with van der Waals surface area (Å²) in [6, 6.07) is 11.8. The molecule has 1 aliphatic rings. The van der Waals surface area contributed by atoms with Gasteiger partial charge in [-0.2, -0.15) is 18.3 Å². The van der Waals surface area contributed by atoms with Crippen LogP contribution in [0.2, 0.25) is 0 Å². The average molecular weight is 413 g/mol. The highest BCUT2D eigenvalue weighted by Crippen LogP contribution is 2.46. The summed E-state index contributed by atoms with van der Waals surface area (Å²) in [7, 11) is 0. The topological polar surface area (TPSA) is 56.8 Å². The Bertz CT molecular complexity index is 1250. The molecule has 1 unspecified atom stereocenters. The molecule has 2 aromatic carbocycles. The molecular formula is C21H15F4N5. The number of pyridine rings is 1. The number of halogens is 4. The first kappa shape index (κ1) is 18.4. The summed E-state index contributed by atoms with van der Waals surface area (Å²) < 4.78 is 53.4. The summed E-state index contributed by atoms with van der Waals surface area (Å²) in [5.41, 5.74) is 2.55. The molecule has 9 heteroatoms. The summed E-state index contributed by atoms with van der Waals surface area (Å²) in [6.45, 7) is 1.89. The van der Waals surface area contributed by atoms with E-state index in [0.717, 1.165) is 22.5 Å². The molecule has 5 rings (SSSR count). The monoisotopic (exact) mass is 413 g/mol. The van der Waals surface area contributed by atoms with Crippen molar-refractivity contribution in [3.05, 3.63) is 77.4 Å². The Morgan fingerprint density at radius 1 is 1.03 bits per heavy atom. The van der Waals surface area contributed by atoms with Crippen LogP contribution in [0.4, 0.5) is 34.8 Å². The van der Waals surface area contributed by atoms with E-state index in [0.29, 0.717) is 16.9 Å². The first-order valence-corrected chi connectivity index (χ1v) is 9.14. The van der Waals surface area contributed by atoms with Gasteiger partial charge in [0.15, 0.2) is 5.82 Å². The zero-order valence-electron chi connectivity index (χ0n) is 15.6. The van der Waals surface area contributed by atoms with E-state index >= 15 is 0 Å². The third kappa shape index (κ3) is 2.94. The van der Waals surface area contributed by atoms with Gasteiger partial charge in [-0.3, -0.25) is 10.00 Å². The second-order valence-electron chi connectivity index (χ2n) is 7.13. The molecule has 0 fully saturated rings. The maximum absolute atomic E-state index is 13.5. The van der Waals surface area contributed by atoms with Crippen molar-refractivity contribution in [3.63, 3.8) is 0 Å². The minimum Gasteiger partial charge on any atom is -0.358 e. The van der Waals surface area contributed by atoms with Gasteiger partial charge < -0.3 is 5.32 Å². The van der Waals surface area contributed by atoms with E-state index in [1.165, 1.54) is 18.2 Å². The fourth-order valence-corrected chi connectivity index (χ4v) is 3.74. The fourth-order valence-electron chi connectivity index (χ4n) is 3.74. The molecule has 0 bridgehead atoms. The number of rotatable bonds is 2. The highest BCUT2D eigenvalue weighted by Gasteiger charge is 2.38. The zero-order valence-corrected chi connectivity index (χ0v) is 15.6.